The lowest BCUT2D eigenvalue weighted by atomic mass is 10.1. The molecule has 0 spiro atoms. The van der Waals surface area contributed by atoms with Crippen LogP contribution in [0.2, 0.25) is 5.02 Å². The zero-order valence-electron chi connectivity index (χ0n) is 13.7. The highest BCUT2D eigenvalue weighted by molar-refractivity contribution is 7.92. The van der Waals surface area contributed by atoms with Crippen molar-refractivity contribution in [1.29, 1.82) is 0 Å². The molecular weight excluding hydrogens is 380 g/mol. The Labute approximate surface area is 155 Å². The van der Waals surface area contributed by atoms with Crippen molar-refractivity contribution >= 4 is 44.9 Å². The summed E-state index contributed by atoms with van der Waals surface area (Å²) in [6, 6.07) is 8.47. The van der Waals surface area contributed by atoms with Crippen LogP contribution in [0.4, 0.5) is 11.4 Å². The van der Waals surface area contributed by atoms with Gasteiger partial charge in [-0.2, -0.15) is 0 Å². The van der Waals surface area contributed by atoms with E-state index < -0.39 is 16.0 Å². The van der Waals surface area contributed by atoms with E-state index in [0.717, 1.165) is 17.7 Å². The zero-order valence-corrected chi connectivity index (χ0v) is 15.3. The standard InChI is InChI=1S/C17H15ClN2O5S/c1-10(21)20-8-7-13-15(3-2-4-16(13)20)19-26(24,25)11-5-6-12(17(22)23)14(18)9-11/h2-6,9,19H,7-8H2,1H3,(H,22,23). The number of aromatic carboxylic acids is 1. The van der Waals surface area contributed by atoms with E-state index in [1.54, 1.807) is 23.1 Å². The largest absolute Gasteiger partial charge is 0.478 e. The Morgan fingerprint density at radius 3 is 2.58 bits per heavy atom. The molecule has 1 aliphatic rings. The van der Waals surface area contributed by atoms with E-state index in [1.165, 1.54) is 13.0 Å². The van der Waals surface area contributed by atoms with Gasteiger partial charge in [0.1, 0.15) is 0 Å². The lowest BCUT2D eigenvalue weighted by molar-refractivity contribution is -0.116. The molecular formula is C17H15ClN2O5S. The maximum atomic E-state index is 12.7. The summed E-state index contributed by atoms with van der Waals surface area (Å²) in [6.07, 6.45) is 0.534. The predicted molar refractivity (Wildman–Crippen MR) is 97.4 cm³/mol. The molecule has 0 radical (unpaired) electrons. The summed E-state index contributed by atoms with van der Waals surface area (Å²) in [5.74, 6) is -1.35. The van der Waals surface area contributed by atoms with E-state index >= 15 is 0 Å². The molecule has 2 aromatic carbocycles. The zero-order chi connectivity index (χ0) is 19.1. The molecule has 0 fully saturated rings. The first-order valence-electron chi connectivity index (χ1n) is 7.66. The van der Waals surface area contributed by atoms with Crippen LogP contribution in [0.5, 0.6) is 0 Å². The molecule has 1 amide bonds. The number of nitrogens with zero attached hydrogens (tertiary/aromatic N) is 1. The molecule has 0 aliphatic carbocycles. The van der Waals surface area contributed by atoms with E-state index in [4.69, 9.17) is 16.7 Å². The Balaban J connectivity index is 1.96. The number of nitrogens with one attached hydrogen (secondary N) is 1. The maximum absolute atomic E-state index is 12.7. The lowest BCUT2D eigenvalue weighted by Crippen LogP contribution is -2.25. The highest BCUT2D eigenvalue weighted by Gasteiger charge is 2.26. The van der Waals surface area contributed by atoms with Gasteiger partial charge in [0.15, 0.2) is 0 Å². The average Bonchev–Trinajstić information content (AvgIpc) is 2.99. The van der Waals surface area contributed by atoms with Gasteiger partial charge in [-0.3, -0.25) is 9.52 Å². The number of fused-ring (bicyclic) bond motifs is 1. The maximum Gasteiger partial charge on any atom is 0.337 e. The summed E-state index contributed by atoms with van der Waals surface area (Å²) < 4.78 is 27.8. The number of benzene rings is 2. The summed E-state index contributed by atoms with van der Waals surface area (Å²) in [5, 5.41) is 8.82. The summed E-state index contributed by atoms with van der Waals surface area (Å²) in [6.45, 7) is 1.94. The highest BCUT2D eigenvalue weighted by Crippen LogP contribution is 2.35. The molecule has 0 saturated heterocycles. The number of hydrogen-bond acceptors (Lipinski definition) is 4. The summed E-state index contributed by atoms with van der Waals surface area (Å²) in [7, 11) is -3.97. The van der Waals surface area contributed by atoms with Crippen LogP contribution >= 0.6 is 11.6 Å². The van der Waals surface area contributed by atoms with E-state index in [9.17, 15) is 18.0 Å². The number of carbonyl (C=O) groups is 2. The van der Waals surface area contributed by atoms with Gasteiger partial charge in [0.25, 0.3) is 10.0 Å². The van der Waals surface area contributed by atoms with Crippen LogP contribution in [0.25, 0.3) is 0 Å². The Bertz CT molecular complexity index is 1020. The fraction of sp³-hybridized carbons (Fsp3) is 0.176. The summed E-state index contributed by atoms with van der Waals surface area (Å²) in [5.41, 5.74) is 1.62. The van der Waals surface area contributed by atoms with Crippen molar-refractivity contribution < 1.29 is 23.1 Å². The quantitative estimate of drug-likeness (QED) is 0.829. The van der Waals surface area contributed by atoms with E-state index in [0.29, 0.717) is 24.3 Å². The van der Waals surface area contributed by atoms with Crippen molar-refractivity contribution in [2.24, 2.45) is 0 Å². The van der Waals surface area contributed by atoms with E-state index in [2.05, 4.69) is 4.72 Å². The van der Waals surface area contributed by atoms with Crippen molar-refractivity contribution in [3.63, 3.8) is 0 Å². The van der Waals surface area contributed by atoms with Crippen LogP contribution in [-0.2, 0) is 21.2 Å². The van der Waals surface area contributed by atoms with Crippen LogP contribution < -0.4 is 9.62 Å². The number of amides is 1. The van der Waals surface area contributed by atoms with Gasteiger partial charge in [-0.05, 0) is 36.8 Å². The molecule has 1 aliphatic heterocycles. The molecule has 26 heavy (non-hydrogen) atoms. The third kappa shape index (κ3) is 3.25. The van der Waals surface area contributed by atoms with Gasteiger partial charge in [-0.1, -0.05) is 17.7 Å². The highest BCUT2D eigenvalue weighted by atomic mass is 35.5. The normalized spacial score (nSPS) is 13.4. The molecule has 0 saturated carbocycles. The van der Waals surface area contributed by atoms with Gasteiger partial charge in [-0.15, -0.1) is 0 Å². The topological polar surface area (TPSA) is 104 Å². The van der Waals surface area contributed by atoms with Crippen LogP contribution in [-0.4, -0.2) is 31.9 Å². The van der Waals surface area contributed by atoms with Crippen LogP contribution in [0, 0.1) is 0 Å². The van der Waals surface area contributed by atoms with Gasteiger partial charge in [0, 0.05) is 24.7 Å². The Kier molecular flexibility index (Phi) is 4.64. The minimum Gasteiger partial charge on any atom is -0.478 e. The Hall–Kier alpha value is -2.58. The third-order valence-corrected chi connectivity index (χ3v) is 5.81. The summed E-state index contributed by atoms with van der Waals surface area (Å²) in [4.78, 5) is 24.1. The predicted octanol–water partition coefficient (Wildman–Crippen LogP) is 2.75. The first-order chi connectivity index (χ1) is 12.2. The molecule has 3 rings (SSSR count). The SMILES string of the molecule is CC(=O)N1CCc2c(NS(=O)(=O)c3ccc(C(=O)O)c(Cl)c3)cccc21. The molecule has 2 N–H and O–H groups in total. The fourth-order valence-electron chi connectivity index (χ4n) is 2.90. The fourth-order valence-corrected chi connectivity index (χ4v) is 4.34. The molecule has 0 unspecified atom stereocenters. The molecule has 9 heteroatoms. The van der Waals surface area contributed by atoms with Crippen molar-refractivity contribution in [2.45, 2.75) is 18.2 Å². The second kappa shape index (κ2) is 6.62. The van der Waals surface area contributed by atoms with Crippen molar-refractivity contribution in [3.05, 3.63) is 52.5 Å². The van der Waals surface area contributed by atoms with Gasteiger partial charge in [-0.25, -0.2) is 13.2 Å². The lowest BCUT2D eigenvalue weighted by Gasteiger charge is -2.16. The number of carbonyl (C=O) groups excluding carboxylic acids is 1. The molecule has 2 aromatic rings. The van der Waals surface area contributed by atoms with E-state index in [1.807, 2.05) is 0 Å². The number of sulfonamides is 1. The first-order valence-corrected chi connectivity index (χ1v) is 9.52. The minimum absolute atomic E-state index is 0.111. The minimum atomic E-state index is -3.97. The Morgan fingerprint density at radius 1 is 1.23 bits per heavy atom. The molecule has 136 valence electrons. The third-order valence-electron chi connectivity index (χ3n) is 4.13. The number of hydrogen-bond donors (Lipinski definition) is 2. The number of anilines is 2. The number of carboxylic acid groups (broad SMARTS) is 1. The Morgan fingerprint density at radius 2 is 1.96 bits per heavy atom. The molecule has 0 atom stereocenters. The van der Waals surface area contributed by atoms with Gasteiger partial charge in [0.2, 0.25) is 5.91 Å². The van der Waals surface area contributed by atoms with Crippen molar-refractivity contribution in [1.82, 2.24) is 0 Å². The number of carboxylic acids is 1. The average molecular weight is 395 g/mol. The first kappa shape index (κ1) is 18.2. The summed E-state index contributed by atoms with van der Waals surface area (Å²) >= 11 is 5.86. The van der Waals surface area contributed by atoms with Crippen LogP contribution in [0.3, 0.4) is 0 Å². The van der Waals surface area contributed by atoms with Gasteiger partial charge in [0.05, 0.1) is 21.2 Å². The van der Waals surface area contributed by atoms with Crippen molar-refractivity contribution in [3.8, 4) is 0 Å². The van der Waals surface area contributed by atoms with Gasteiger partial charge >= 0.3 is 5.97 Å². The molecule has 1 heterocycles. The number of rotatable bonds is 4. The molecule has 0 aromatic heterocycles. The molecule has 7 nitrogen and oxygen atoms in total. The van der Waals surface area contributed by atoms with Gasteiger partial charge < -0.3 is 10.0 Å². The van der Waals surface area contributed by atoms with Crippen molar-refractivity contribution in [2.75, 3.05) is 16.2 Å². The smallest absolute Gasteiger partial charge is 0.337 e. The monoisotopic (exact) mass is 394 g/mol. The van der Waals surface area contributed by atoms with Crippen LogP contribution in [0.1, 0.15) is 22.8 Å². The second-order valence-electron chi connectivity index (χ2n) is 5.78. The van der Waals surface area contributed by atoms with E-state index in [-0.39, 0.29) is 21.4 Å². The number of halogens is 1. The molecule has 0 bridgehead atoms. The van der Waals surface area contributed by atoms with Crippen LogP contribution in [0.15, 0.2) is 41.3 Å². The second-order valence-corrected chi connectivity index (χ2v) is 7.87.